The second kappa shape index (κ2) is 8.69. The van der Waals surface area contributed by atoms with Crippen LogP contribution in [0, 0.1) is 0 Å². The van der Waals surface area contributed by atoms with E-state index in [1.807, 2.05) is 0 Å². The Morgan fingerprint density at radius 3 is 2.61 bits per heavy atom. The minimum Gasteiger partial charge on any atom is -0.448 e. The number of aromatic amines is 1. The van der Waals surface area contributed by atoms with E-state index in [-0.39, 0.29) is 17.2 Å². The number of nitrogens with one attached hydrogen (secondary N) is 3. The van der Waals surface area contributed by atoms with Crippen LogP contribution in [-0.4, -0.2) is 35.0 Å². The second-order valence-electron chi connectivity index (χ2n) is 6.94. The maximum absolute atomic E-state index is 12.3. The van der Waals surface area contributed by atoms with E-state index in [0.717, 1.165) is 38.2 Å². The number of rotatable bonds is 4. The molecular weight excluding hydrogens is 362 g/mol. The molecule has 3 amide bonds. The summed E-state index contributed by atoms with van der Waals surface area (Å²) in [4.78, 5) is 51.3. The van der Waals surface area contributed by atoms with Gasteiger partial charge in [-0.3, -0.25) is 14.9 Å². The van der Waals surface area contributed by atoms with E-state index in [2.05, 4.69) is 15.6 Å². The lowest BCUT2D eigenvalue weighted by atomic mass is 9.96. The van der Waals surface area contributed by atoms with Gasteiger partial charge in [0.1, 0.15) is 5.69 Å². The molecule has 1 aliphatic rings. The minimum absolute atomic E-state index is 0.0575. The normalized spacial score (nSPS) is 15.6. The van der Waals surface area contributed by atoms with Gasteiger partial charge in [-0.2, -0.15) is 0 Å². The van der Waals surface area contributed by atoms with Gasteiger partial charge in [-0.15, -0.1) is 0 Å². The van der Waals surface area contributed by atoms with Crippen molar-refractivity contribution in [3.63, 3.8) is 0 Å². The van der Waals surface area contributed by atoms with Crippen LogP contribution < -0.4 is 16.1 Å². The largest absolute Gasteiger partial charge is 0.448 e. The first-order chi connectivity index (χ1) is 13.4. The summed E-state index contributed by atoms with van der Waals surface area (Å²) in [6, 6.07) is 7.35. The number of ether oxygens (including phenoxy) is 1. The molecule has 1 fully saturated rings. The fourth-order valence-electron chi connectivity index (χ4n) is 3.27. The van der Waals surface area contributed by atoms with Gasteiger partial charge >= 0.3 is 12.0 Å². The summed E-state index contributed by atoms with van der Waals surface area (Å²) >= 11 is 0. The van der Waals surface area contributed by atoms with Crippen LogP contribution in [0.15, 0.2) is 35.1 Å². The highest BCUT2D eigenvalue weighted by atomic mass is 16.5. The van der Waals surface area contributed by atoms with E-state index in [1.54, 1.807) is 24.3 Å². The molecule has 2 aromatic rings. The molecular formula is C20H23N3O5. The van der Waals surface area contributed by atoms with Gasteiger partial charge < -0.3 is 15.0 Å². The van der Waals surface area contributed by atoms with Crippen molar-refractivity contribution in [3.8, 4) is 0 Å². The van der Waals surface area contributed by atoms with Crippen LogP contribution in [0.3, 0.4) is 0 Å². The van der Waals surface area contributed by atoms with Crippen LogP contribution in [0.1, 0.15) is 49.5 Å². The first-order valence-electron chi connectivity index (χ1n) is 9.38. The Kier molecular flexibility index (Phi) is 6.08. The fraction of sp³-hybridized carbons (Fsp3) is 0.400. The number of fused-ring (bicyclic) bond motifs is 1. The fourth-order valence-corrected chi connectivity index (χ4v) is 3.27. The van der Waals surface area contributed by atoms with Crippen molar-refractivity contribution in [2.75, 3.05) is 0 Å². The Morgan fingerprint density at radius 1 is 1.14 bits per heavy atom. The summed E-state index contributed by atoms with van der Waals surface area (Å²) in [5.74, 6) is -1.58. The topological polar surface area (TPSA) is 117 Å². The monoisotopic (exact) mass is 385 g/mol. The number of para-hydroxylation sites is 1. The molecule has 1 aromatic carbocycles. The van der Waals surface area contributed by atoms with Gasteiger partial charge in [-0.25, -0.2) is 9.59 Å². The molecule has 3 rings (SSSR count). The Labute approximate surface area is 161 Å². The summed E-state index contributed by atoms with van der Waals surface area (Å²) in [7, 11) is 0. The van der Waals surface area contributed by atoms with Crippen LogP contribution in [0.25, 0.3) is 10.9 Å². The maximum Gasteiger partial charge on any atom is 0.355 e. The number of pyridine rings is 1. The molecule has 8 heteroatoms. The standard InChI is InChI=1S/C20H23N3O5/c1-12(18(25)23-20(27)21-13-7-3-2-4-8-13)28-19(26)16-11-17(24)14-9-5-6-10-15(14)22-16/h5-6,9-13H,2-4,7-8H2,1H3,(H,22,24)(H2,21,23,25,27)/t12-/m0/s1. The Bertz CT molecular complexity index is 946. The molecule has 1 aliphatic carbocycles. The number of imide groups is 1. The van der Waals surface area contributed by atoms with E-state index in [1.165, 1.54) is 6.92 Å². The van der Waals surface area contributed by atoms with Crippen molar-refractivity contribution >= 4 is 28.8 Å². The predicted octanol–water partition coefficient (Wildman–Crippen LogP) is 2.23. The number of H-pyrrole nitrogens is 1. The second-order valence-corrected chi connectivity index (χ2v) is 6.94. The third-order valence-corrected chi connectivity index (χ3v) is 4.79. The molecule has 0 spiro atoms. The summed E-state index contributed by atoms with van der Waals surface area (Å²) in [6.45, 7) is 1.36. The van der Waals surface area contributed by atoms with E-state index in [4.69, 9.17) is 4.74 Å². The first kappa shape index (κ1) is 19.6. The summed E-state index contributed by atoms with van der Waals surface area (Å²) in [5.41, 5.74) is 0.103. The number of esters is 1. The maximum atomic E-state index is 12.3. The molecule has 28 heavy (non-hydrogen) atoms. The van der Waals surface area contributed by atoms with E-state index in [9.17, 15) is 19.2 Å². The number of amides is 3. The molecule has 0 aliphatic heterocycles. The first-order valence-corrected chi connectivity index (χ1v) is 9.38. The van der Waals surface area contributed by atoms with E-state index < -0.39 is 24.0 Å². The third kappa shape index (κ3) is 4.76. The molecule has 0 radical (unpaired) electrons. The summed E-state index contributed by atoms with van der Waals surface area (Å²) < 4.78 is 5.09. The molecule has 3 N–H and O–H groups in total. The van der Waals surface area contributed by atoms with Crippen LogP contribution in [0.5, 0.6) is 0 Å². The van der Waals surface area contributed by atoms with Gasteiger partial charge in [0, 0.05) is 23.0 Å². The van der Waals surface area contributed by atoms with Crippen LogP contribution in [0.2, 0.25) is 0 Å². The van der Waals surface area contributed by atoms with Crippen molar-refractivity contribution in [3.05, 3.63) is 46.2 Å². The van der Waals surface area contributed by atoms with Crippen molar-refractivity contribution in [1.29, 1.82) is 0 Å². The third-order valence-electron chi connectivity index (χ3n) is 4.79. The molecule has 148 valence electrons. The Hall–Kier alpha value is -3.16. The average Bonchev–Trinajstić information content (AvgIpc) is 2.68. The van der Waals surface area contributed by atoms with Crippen molar-refractivity contribution in [2.45, 2.75) is 51.2 Å². The van der Waals surface area contributed by atoms with E-state index >= 15 is 0 Å². The lowest BCUT2D eigenvalue weighted by molar-refractivity contribution is -0.127. The molecule has 1 heterocycles. The SMILES string of the molecule is C[C@H](OC(=O)c1cc(=O)c2ccccc2[nH]1)C(=O)NC(=O)NC1CCCCC1. The lowest BCUT2D eigenvalue weighted by Gasteiger charge is -2.23. The van der Waals surface area contributed by atoms with Gasteiger partial charge in [0.25, 0.3) is 5.91 Å². The van der Waals surface area contributed by atoms with Gasteiger partial charge in [-0.05, 0) is 31.9 Å². The number of aromatic nitrogens is 1. The lowest BCUT2D eigenvalue weighted by Crippen LogP contribution is -2.48. The molecule has 1 saturated carbocycles. The Morgan fingerprint density at radius 2 is 1.86 bits per heavy atom. The van der Waals surface area contributed by atoms with Crippen molar-refractivity contribution < 1.29 is 19.1 Å². The van der Waals surface area contributed by atoms with Gasteiger partial charge in [0.05, 0.1) is 0 Å². The number of hydrogen-bond acceptors (Lipinski definition) is 5. The summed E-state index contributed by atoms with van der Waals surface area (Å²) in [6.07, 6.45) is 3.85. The zero-order valence-electron chi connectivity index (χ0n) is 15.6. The van der Waals surface area contributed by atoms with Crippen LogP contribution >= 0.6 is 0 Å². The highest BCUT2D eigenvalue weighted by molar-refractivity contribution is 5.98. The van der Waals surface area contributed by atoms with Crippen LogP contribution in [0.4, 0.5) is 4.79 Å². The minimum atomic E-state index is -1.19. The molecule has 1 atom stereocenters. The number of carbonyl (C=O) groups excluding carboxylic acids is 3. The smallest absolute Gasteiger partial charge is 0.355 e. The van der Waals surface area contributed by atoms with Gasteiger partial charge in [0.2, 0.25) is 0 Å². The van der Waals surface area contributed by atoms with Gasteiger partial charge in [-0.1, -0.05) is 31.4 Å². The molecule has 0 saturated heterocycles. The molecule has 0 unspecified atom stereocenters. The summed E-state index contributed by atoms with van der Waals surface area (Å²) in [5, 5.41) is 5.39. The van der Waals surface area contributed by atoms with E-state index in [0.29, 0.717) is 10.9 Å². The quantitative estimate of drug-likeness (QED) is 0.698. The molecule has 0 bridgehead atoms. The zero-order valence-corrected chi connectivity index (χ0v) is 15.6. The number of benzene rings is 1. The molecule has 8 nitrogen and oxygen atoms in total. The number of urea groups is 1. The van der Waals surface area contributed by atoms with Crippen molar-refractivity contribution in [1.82, 2.24) is 15.6 Å². The zero-order chi connectivity index (χ0) is 20.1. The Balaban J connectivity index is 1.58. The highest BCUT2D eigenvalue weighted by Crippen LogP contribution is 2.17. The number of hydrogen-bond donors (Lipinski definition) is 3. The van der Waals surface area contributed by atoms with Crippen molar-refractivity contribution in [2.24, 2.45) is 0 Å². The predicted molar refractivity (Wildman–Crippen MR) is 103 cm³/mol. The number of carbonyl (C=O) groups is 3. The van der Waals surface area contributed by atoms with Crippen LogP contribution in [-0.2, 0) is 9.53 Å². The highest BCUT2D eigenvalue weighted by Gasteiger charge is 2.23. The van der Waals surface area contributed by atoms with Gasteiger partial charge in [0.15, 0.2) is 11.5 Å². The molecule has 1 aromatic heterocycles. The average molecular weight is 385 g/mol.